The van der Waals surface area contributed by atoms with Crippen molar-refractivity contribution in [2.75, 3.05) is 5.32 Å². The van der Waals surface area contributed by atoms with Gasteiger partial charge < -0.3 is 10.3 Å². The van der Waals surface area contributed by atoms with Crippen LogP contribution in [0.15, 0.2) is 0 Å². The first-order chi connectivity index (χ1) is 9.61. The van der Waals surface area contributed by atoms with Crippen LogP contribution in [0.3, 0.4) is 0 Å². The van der Waals surface area contributed by atoms with Gasteiger partial charge in [-0.1, -0.05) is 0 Å². The molecule has 0 aromatic carbocycles. The maximum absolute atomic E-state index is 12.1. The number of thiazole rings is 2. The van der Waals surface area contributed by atoms with E-state index in [1.807, 2.05) is 6.92 Å². The van der Waals surface area contributed by atoms with Gasteiger partial charge in [-0.15, -0.1) is 22.7 Å². The molecule has 106 valence electrons. The van der Waals surface area contributed by atoms with E-state index in [-0.39, 0.29) is 5.91 Å². The number of H-pyrrole nitrogens is 1. The zero-order valence-corrected chi connectivity index (χ0v) is 13.6. The number of anilines is 1. The van der Waals surface area contributed by atoms with Gasteiger partial charge in [0.25, 0.3) is 0 Å². The van der Waals surface area contributed by atoms with E-state index in [2.05, 4.69) is 15.3 Å². The predicted octanol–water partition coefficient (Wildman–Crippen LogP) is 3.63. The summed E-state index contributed by atoms with van der Waals surface area (Å²) >= 11 is 8.16. The van der Waals surface area contributed by atoms with Crippen LogP contribution in [0, 0.1) is 10.9 Å². The monoisotopic (exact) mass is 325 g/mol. The Morgan fingerprint density at radius 1 is 1.40 bits per heavy atom. The summed E-state index contributed by atoms with van der Waals surface area (Å²) in [6.07, 6.45) is 4.93. The van der Waals surface area contributed by atoms with Crippen molar-refractivity contribution < 1.29 is 4.79 Å². The molecule has 2 aromatic heterocycles. The highest BCUT2D eigenvalue weighted by Crippen LogP contribution is 2.29. The number of rotatable bonds is 3. The highest BCUT2D eigenvalue weighted by molar-refractivity contribution is 7.73. The molecular formula is C13H15N3OS3. The van der Waals surface area contributed by atoms with Crippen LogP contribution in [-0.4, -0.2) is 15.9 Å². The summed E-state index contributed by atoms with van der Waals surface area (Å²) in [6.45, 7) is 1.94. The lowest BCUT2D eigenvalue weighted by molar-refractivity contribution is -0.115. The second-order valence-corrected chi connectivity index (χ2v) is 7.74. The molecule has 0 spiro atoms. The van der Waals surface area contributed by atoms with Gasteiger partial charge in [0.05, 0.1) is 12.1 Å². The Hall–Kier alpha value is -1.05. The topological polar surface area (TPSA) is 57.8 Å². The number of amides is 1. The summed E-state index contributed by atoms with van der Waals surface area (Å²) < 4.78 is 0.718. The molecule has 2 aromatic rings. The molecule has 2 N–H and O–H groups in total. The van der Waals surface area contributed by atoms with Gasteiger partial charge in [0.15, 0.2) is 9.09 Å². The maximum atomic E-state index is 12.1. The molecule has 0 fully saturated rings. The molecule has 0 radical (unpaired) electrons. The number of fused-ring (bicyclic) bond motifs is 1. The summed E-state index contributed by atoms with van der Waals surface area (Å²) in [5.74, 6) is -0.0237. The van der Waals surface area contributed by atoms with Crippen molar-refractivity contribution in [1.82, 2.24) is 9.97 Å². The van der Waals surface area contributed by atoms with Gasteiger partial charge in [-0.25, -0.2) is 4.98 Å². The van der Waals surface area contributed by atoms with E-state index in [0.717, 1.165) is 32.5 Å². The first-order valence-electron chi connectivity index (χ1n) is 6.59. The molecule has 0 saturated heterocycles. The van der Waals surface area contributed by atoms with Crippen LogP contribution in [0.2, 0.25) is 0 Å². The molecule has 1 aliphatic rings. The number of hydrogen-bond donors (Lipinski definition) is 2. The minimum absolute atomic E-state index is 0.0237. The lowest BCUT2D eigenvalue weighted by Gasteiger charge is -2.06. The number of nitrogens with zero attached hydrogens (tertiary/aromatic N) is 1. The Morgan fingerprint density at radius 3 is 2.90 bits per heavy atom. The maximum Gasteiger partial charge on any atom is 0.231 e. The summed E-state index contributed by atoms with van der Waals surface area (Å²) in [5.41, 5.74) is 2.15. The van der Waals surface area contributed by atoms with Crippen molar-refractivity contribution in [3.63, 3.8) is 0 Å². The molecule has 2 heterocycles. The van der Waals surface area contributed by atoms with Gasteiger partial charge in [-0.2, -0.15) is 0 Å². The average Bonchev–Trinajstić information content (AvgIpc) is 2.92. The number of hydrogen-bond acceptors (Lipinski definition) is 5. The number of nitrogens with one attached hydrogen (secondary N) is 2. The Bertz CT molecular complexity index is 675. The van der Waals surface area contributed by atoms with Crippen LogP contribution in [0.25, 0.3) is 0 Å². The third-order valence-corrected chi connectivity index (χ3v) is 5.75. The molecule has 0 atom stereocenters. The molecule has 0 unspecified atom stereocenters. The predicted molar refractivity (Wildman–Crippen MR) is 85.3 cm³/mol. The number of aryl methyl sites for hydroxylation is 3. The highest BCUT2D eigenvalue weighted by Gasteiger charge is 2.17. The fourth-order valence-electron chi connectivity index (χ4n) is 2.32. The summed E-state index contributed by atoms with van der Waals surface area (Å²) in [5, 5.41) is 3.65. The van der Waals surface area contributed by atoms with Gasteiger partial charge in [-0.05, 0) is 44.8 Å². The van der Waals surface area contributed by atoms with E-state index < -0.39 is 0 Å². The molecule has 0 bridgehead atoms. The summed E-state index contributed by atoms with van der Waals surface area (Å²) in [7, 11) is 0. The third-order valence-electron chi connectivity index (χ3n) is 3.34. The minimum Gasteiger partial charge on any atom is -0.341 e. The van der Waals surface area contributed by atoms with Gasteiger partial charge in [0.1, 0.15) is 0 Å². The quantitative estimate of drug-likeness (QED) is 0.847. The average molecular weight is 325 g/mol. The standard InChI is InChI=1S/C13H15N3OS3/c1-7-10(20-13(18)14-7)6-11(17)16-12-15-8-4-2-3-5-9(8)19-12/h2-6H2,1H3,(H,14,18)(H,15,16,17). The smallest absolute Gasteiger partial charge is 0.231 e. The lowest BCUT2D eigenvalue weighted by atomic mass is 10.0. The Kier molecular flexibility index (Phi) is 4.00. The van der Waals surface area contributed by atoms with Crippen LogP contribution in [-0.2, 0) is 24.1 Å². The van der Waals surface area contributed by atoms with E-state index in [0.29, 0.717) is 6.42 Å². The Balaban J connectivity index is 1.68. The molecule has 20 heavy (non-hydrogen) atoms. The van der Waals surface area contributed by atoms with Gasteiger partial charge in [0.2, 0.25) is 5.91 Å². The first kappa shape index (κ1) is 13.9. The van der Waals surface area contributed by atoms with Crippen molar-refractivity contribution in [2.45, 2.75) is 39.0 Å². The van der Waals surface area contributed by atoms with Crippen molar-refractivity contribution in [1.29, 1.82) is 0 Å². The molecule has 1 amide bonds. The molecular weight excluding hydrogens is 310 g/mol. The van der Waals surface area contributed by atoms with E-state index in [4.69, 9.17) is 12.2 Å². The second kappa shape index (κ2) is 5.75. The van der Waals surface area contributed by atoms with E-state index >= 15 is 0 Å². The van der Waals surface area contributed by atoms with Crippen LogP contribution < -0.4 is 5.32 Å². The fraction of sp³-hybridized carbons (Fsp3) is 0.462. The molecule has 0 aliphatic heterocycles. The molecule has 3 rings (SSSR count). The number of carbonyl (C=O) groups excluding carboxylic acids is 1. The first-order valence-corrected chi connectivity index (χ1v) is 8.63. The summed E-state index contributed by atoms with van der Waals surface area (Å²) in [6, 6.07) is 0. The number of aromatic nitrogens is 2. The Labute approximate surface area is 130 Å². The van der Waals surface area contributed by atoms with Crippen LogP contribution in [0.1, 0.15) is 34.0 Å². The molecule has 7 heteroatoms. The number of carbonyl (C=O) groups is 1. The SMILES string of the molecule is Cc1[nH]c(=S)sc1CC(=O)Nc1nc2c(s1)CCCC2. The van der Waals surface area contributed by atoms with Gasteiger partial charge in [0, 0.05) is 15.4 Å². The second-order valence-electron chi connectivity index (χ2n) is 4.88. The molecule has 4 nitrogen and oxygen atoms in total. The van der Waals surface area contributed by atoms with Crippen LogP contribution in [0.5, 0.6) is 0 Å². The summed E-state index contributed by atoms with van der Waals surface area (Å²) in [4.78, 5) is 22.0. The normalized spacial score (nSPS) is 14.1. The van der Waals surface area contributed by atoms with Crippen molar-refractivity contribution in [2.24, 2.45) is 0 Å². The lowest BCUT2D eigenvalue weighted by Crippen LogP contribution is -2.14. The zero-order chi connectivity index (χ0) is 14.1. The largest absolute Gasteiger partial charge is 0.341 e. The molecule has 1 aliphatic carbocycles. The van der Waals surface area contributed by atoms with Crippen LogP contribution in [0.4, 0.5) is 5.13 Å². The zero-order valence-electron chi connectivity index (χ0n) is 11.1. The van der Waals surface area contributed by atoms with E-state index in [1.54, 1.807) is 11.3 Å². The van der Waals surface area contributed by atoms with E-state index in [1.165, 1.54) is 34.7 Å². The minimum atomic E-state index is -0.0237. The highest BCUT2D eigenvalue weighted by atomic mass is 32.1. The Morgan fingerprint density at radius 2 is 2.20 bits per heavy atom. The van der Waals surface area contributed by atoms with Crippen LogP contribution >= 0.6 is 34.9 Å². The van der Waals surface area contributed by atoms with Crippen molar-refractivity contribution in [3.05, 3.63) is 25.1 Å². The van der Waals surface area contributed by atoms with E-state index in [9.17, 15) is 4.79 Å². The van der Waals surface area contributed by atoms with Crippen molar-refractivity contribution >= 4 is 45.9 Å². The third kappa shape index (κ3) is 2.99. The fourth-order valence-corrected chi connectivity index (χ4v) is 4.68. The van der Waals surface area contributed by atoms with Gasteiger partial charge >= 0.3 is 0 Å². The van der Waals surface area contributed by atoms with Crippen molar-refractivity contribution in [3.8, 4) is 0 Å². The molecule has 0 saturated carbocycles. The van der Waals surface area contributed by atoms with Gasteiger partial charge in [-0.3, -0.25) is 4.79 Å². The number of aromatic amines is 1.